The second-order valence-electron chi connectivity index (χ2n) is 4.66. The molecule has 2 rings (SSSR count). The van der Waals surface area contributed by atoms with Gasteiger partial charge in [0.2, 0.25) is 5.91 Å². The number of aliphatic hydroxyl groups is 1. The predicted octanol–water partition coefficient (Wildman–Crippen LogP) is 1.29. The van der Waals surface area contributed by atoms with Crippen molar-refractivity contribution in [2.75, 3.05) is 18.9 Å². The number of thioether (sulfide) groups is 1. The summed E-state index contributed by atoms with van der Waals surface area (Å²) in [6.45, 7) is 2.47. The summed E-state index contributed by atoms with van der Waals surface area (Å²) in [5.41, 5.74) is 1.06. The number of carbonyl (C=O) groups excluding carboxylic acids is 1. The average Bonchev–Trinajstić information content (AvgIpc) is 2.95. The van der Waals surface area contributed by atoms with Crippen LogP contribution < -0.4 is 5.32 Å². The molecule has 19 heavy (non-hydrogen) atoms. The monoisotopic (exact) mass is 278 g/mol. The first kappa shape index (κ1) is 14.1. The van der Waals surface area contributed by atoms with Crippen LogP contribution in [0.4, 0.5) is 0 Å². The van der Waals surface area contributed by atoms with E-state index in [-0.39, 0.29) is 24.5 Å². The van der Waals surface area contributed by atoms with Crippen LogP contribution in [0, 0.1) is 5.92 Å². The topological polar surface area (TPSA) is 61.7 Å². The van der Waals surface area contributed by atoms with Crippen LogP contribution in [-0.4, -0.2) is 41.0 Å². The van der Waals surface area contributed by atoms with Crippen LogP contribution >= 0.6 is 11.8 Å². The van der Waals surface area contributed by atoms with E-state index in [9.17, 15) is 4.79 Å². The van der Waals surface area contributed by atoms with E-state index in [4.69, 9.17) is 5.11 Å². The van der Waals surface area contributed by atoms with Crippen molar-refractivity contribution in [3.63, 3.8) is 0 Å². The van der Waals surface area contributed by atoms with Crippen molar-refractivity contribution in [2.24, 2.45) is 10.9 Å². The van der Waals surface area contributed by atoms with E-state index >= 15 is 0 Å². The first-order valence-electron chi connectivity index (χ1n) is 6.35. The van der Waals surface area contributed by atoms with Crippen molar-refractivity contribution in [1.82, 2.24) is 5.32 Å². The number of carbonyl (C=O) groups is 1. The Bertz CT molecular complexity index is 462. The quantitative estimate of drug-likeness (QED) is 0.853. The number of aliphatic hydroxyl groups excluding tert-OH is 1. The summed E-state index contributed by atoms with van der Waals surface area (Å²) >= 11 is 1.61. The van der Waals surface area contributed by atoms with Crippen LogP contribution in [0.2, 0.25) is 0 Å². The lowest BCUT2D eigenvalue weighted by molar-refractivity contribution is -0.121. The summed E-state index contributed by atoms with van der Waals surface area (Å²) in [5, 5.41) is 12.7. The number of hydrogen-bond acceptors (Lipinski definition) is 4. The van der Waals surface area contributed by atoms with Gasteiger partial charge in [-0.05, 0) is 5.92 Å². The molecule has 0 aliphatic carbocycles. The lowest BCUT2D eigenvalue weighted by Crippen LogP contribution is -2.37. The maximum atomic E-state index is 11.9. The zero-order chi connectivity index (χ0) is 13.7. The molecule has 5 heteroatoms. The maximum Gasteiger partial charge on any atom is 0.245 e. The minimum atomic E-state index is -0.314. The minimum absolute atomic E-state index is 0.0567. The molecule has 1 amide bonds. The van der Waals surface area contributed by atoms with Crippen molar-refractivity contribution < 1.29 is 9.90 Å². The van der Waals surface area contributed by atoms with E-state index < -0.39 is 0 Å². The molecular weight excluding hydrogens is 260 g/mol. The Morgan fingerprint density at radius 3 is 2.95 bits per heavy atom. The van der Waals surface area contributed by atoms with E-state index in [0.29, 0.717) is 12.3 Å². The molecule has 1 aromatic rings. The highest BCUT2D eigenvalue weighted by Gasteiger charge is 2.25. The maximum absolute atomic E-state index is 11.9. The molecule has 0 saturated carbocycles. The van der Waals surface area contributed by atoms with Crippen LogP contribution in [-0.2, 0) is 4.79 Å². The number of hydrogen-bond donors (Lipinski definition) is 2. The van der Waals surface area contributed by atoms with Gasteiger partial charge < -0.3 is 10.4 Å². The van der Waals surface area contributed by atoms with Crippen molar-refractivity contribution in [3.8, 4) is 0 Å². The van der Waals surface area contributed by atoms with Gasteiger partial charge in [0, 0.05) is 24.5 Å². The van der Waals surface area contributed by atoms with Gasteiger partial charge in [-0.1, -0.05) is 37.3 Å². The second kappa shape index (κ2) is 6.73. The smallest absolute Gasteiger partial charge is 0.245 e. The number of nitrogens with zero attached hydrogens (tertiary/aromatic N) is 1. The summed E-state index contributed by atoms with van der Waals surface area (Å²) < 4.78 is 0. The van der Waals surface area contributed by atoms with Gasteiger partial charge in [-0.25, -0.2) is 0 Å². The second-order valence-corrected chi connectivity index (χ2v) is 5.67. The molecule has 0 saturated heterocycles. The molecule has 2 unspecified atom stereocenters. The third-order valence-corrected chi connectivity index (χ3v) is 4.01. The third kappa shape index (κ3) is 3.81. The number of aliphatic imine (C=N–C) groups is 1. The highest BCUT2D eigenvalue weighted by atomic mass is 32.2. The molecule has 1 heterocycles. The fourth-order valence-corrected chi connectivity index (χ4v) is 2.75. The van der Waals surface area contributed by atoms with Crippen LogP contribution in [0.5, 0.6) is 0 Å². The molecule has 1 aliphatic rings. The molecule has 102 valence electrons. The molecule has 0 radical (unpaired) electrons. The Morgan fingerprint density at radius 2 is 2.26 bits per heavy atom. The third-order valence-electron chi connectivity index (χ3n) is 2.91. The summed E-state index contributed by atoms with van der Waals surface area (Å²) in [6, 6.07) is 9.58. The molecule has 0 bridgehead atoms. The Labute approximate surface area is 117 Å². The molecule has 4 nitrogen and oxygen atoms in total. The molecule has 0 fully saturated rings. The van der Waals surface area contributed by atoms with E-state index in [1.165, 1.54) is 0 Å². The minimum Gasteiger partial charge on any atom is -0.396 e. The first-order valence-corrected chi connectivity index (χ1v) is 7.34. The van der Waals surface area contributed by atoms with Gasteiger partial charge in [0.1, 0.15) is 6.04 Å². The summed E-state index contributed by atoms with van der Waals surface area (Å²) in [4.78, 5) is 16.4. The normalized spacial score (nSPS) is 19.9. The van der Waals surface area contributed by atoms with E-state index in [1.54, 1.807) is 11.8 Å². The standard InChI is InChI=1S/C14H18N2O2S/c1-10(8-17)7-15-13(18)12-9-19-14(16-12)11-5-3-2-4-6-11/h2-6,10,12,17H,7-9H2,1H3,(H,15,18). The van der Waals surface area contributed by atoms with E-state index in [1.807, 2.05) is 37.3 Å². The zero-order valence-corrected chi connectivity index (χ0v) is 11.7. The van der Waals surface area contributed by atoms with Crippen LogP contribution in [0.3, 0.4) is 0 Å². The molecule has 2 N–H and O–H groups in total. The van der Waals surface area contributed by atoms with Crippen molar-refractivity contribution in [2.45, 2.75) is 13.0 Å². The van der Waals surface area contributed by atoms with E-state index in [0.717, 1.165) is 10.6 Å². The molecule has 0 spiro atoms. The molecule has 0 aromatic heterocycles. The Kier molecular flexibility index (Phi) is 4.99. The van der Waals surface area contributed by atoms with Crippen LogP contribution in [0.25, 0.3) is 0 Å². The highest BCUT2D eigenvalue weighted by Crippen LogP contribution is 2.23. The average molecular weight is 278 g/mol. The van der Waals surface area contributed by atoms with E-state index in [2.05, 4.69) is 10.3 Å². The fourth-order valence-electron chi connectivity index (χ4n) is 1.70. The summed E-state index contributed by atoms with van der Waals surface area (Å²) in [6.07, 6.45) is 0. The van der Waals surface area contributed by atoms with Gasteiger partial charge in [-0.15, -0.1) is 11.8 Å². The van der Waals surface area contributed by atoms with Crippen molar-refractivity contribution in [3.05, 3.63) is 35.9 Å². The van der Waals surface area contributed by atoms with Crippen molar-refractivity contribution >= 4 is 22.7 Å². The number of rotatable bonds is 5. The Morgan fingerprint density at radius 1 is 1.53 bits per heavy atom. The Balaban J connectivity index is 1.93. The first-order chi connectivity index (χ1) is 9.20. The largest absolute Gasteiger partial charge is 0.396 e. The molecule has 1 aromatic carbocycles. The summed E-state index contributed by atoms with van der Waals surface area (Å²) in [7, 11) is 0. The van der Waals surface area contributed by atoms with Gasteiger partial charge in [-0.3, -0.25) is 9.79 Å². The molecule has 1 aliphatic heterocycles. The van der Waals surface area contributed by atoms with Gasteiger partial charge in [0.25, 0.3) is 0 Å². The fraction of sp³-hybridized carbons (Fsp3) is 0.429. The number of amides is 1. The SMILES string of the molecule is CC(CO)CNC(=O)C1CSC(c2ccccc2)=N1. The highest BCUT2D eigenvalue weighted by molar-refractivity contribution is 8.14. The number of benzene rings is 1. The summed E-state index contributed by atoms with van der Waals surface area (Å²) in [5.74, 6) is 0.707. The molecule has 2 atom stereocenters. The molecular formula is C14H18N2O2S. The van der Waals surface area contributed by atoms with Gasteiger partial charge in [-0.2, -0.15) is 0 Å². The van der Waals surface area contributed by atoms with Gasteiger partial charge in [0.05, 0.1) is 5.04 Å². The Hall–Kier alpha value is -1.33. The van der Waals surface area contributed by atoms with Gasteiger partial charge in [0.15, 0.2) is 0 Å². The van der Waals surface area contributed by atoms with Crippen LogP contribution in [0.15, 0.2) is 35.3 Å². The lowest BCUT2D eigenvalue weighted by Gasteiger charge is -2.11. The number of nitrogens with one attached hydrogen (secondary N) is 1. The van der Waals surface area contributed by atoms with Crippen LogP contribution in [0.1, 0.15) is 12.5 Å². The zero-order valence-electron chi connectivity index (χ0n) is 10.9. The van der Waals surface area contributed by atoms with Gasteiger partial charge >= 0.3 is 0 Å². The van der Waals surface area contributed by atoms with Crippen molar-refractivity contribution in [1.29, 1.82) is 0 Å². The lowest BCUT2D eigenvalue weighted by atomic mass is 10.2. The predicted molar refractivity (Wildman–Crippen MR) is 78.5 cm³/mol.